The van der Waals surface area contributed by atoms with E-state index in [0.29, 0.717) is 18.2 Å². The molecule has 1 amide bonds. The number of nitrogens with one attached hydrogen (secondary N) is 1. The van der Waals surface area contributed by atoms with Crippen LogP contribution in [0.2, 0.25) is 0 Å². The smallest absolute Gasteiger partial charge is 0.254 e. The molecule has 1 saturated carbocycles. The summed E-state index contributed by atoms with van der Waals surface area (Å²) in [5.74, 6) is 7.32. The molecule has 0 atom stereocenters. The summed E-state index contributed by atoms with van der Waals surface area (Å²) < 4.78 is 0. The third kappa shape index (κ3) is 3.56. The van der Waals surface area contributed by atoms with Crippen molar-refractivity contribution in [3.05, 3.63) is 47.9 Å². The van der Waals surface area contributed by atoms with E-state index in [1.54, 1.807) is 12.3 Å². The van der Waals surface area contributed by atoms with Gasteiger partial charge in [-0.15, -0.1) is 0 Å². The summed E-state index contributed by atoms with van der Waals surface area (Å²) in [6.45, 7) is 3.94. The molecule has 1 aliphatic heterocycles. The molecule has 2 heterocycles. The molecule has 1 fully saturated rings. The number of carbonyl (C=O) groups excluding carboxylic acids is 1. The minimum absolute atomic E-state index is 0.108. The van der Waals surface area contributed by atoms with E-state index in [1.807, 2.05) is 24.2 Å². The minimum Gasteiger partial charge on any atom is -0.355 e. The first-order valence-electron chi connectivity index (χ1n) is 7.52. The number of hydrogen-bond donors (Lipinski definition) is 1. The summed E-state index contributed by atoms with van der Waals surface area (Å²) >= 11 is 0. The highest BCUT2D eigenvalue weighted by molar-refractivity contribution is 6.03. The Hall–Kier alpha value is -2.54. The monoisotopic (exact) mass is 293 g/mol. The Kier molecular flexibility index (Phi) is 3.97. The normalized spacial score (nSPS) is 17.4. The molecule has 1 N–H and O–H groups in total. The van der Waals surface area contributed by atoms with Crippen LogP contribution in [0.15, 0.2) is 42.4 Å². The van der Waals surface area contributed by atoms with E-state index in [4.69, 9.17) is 0 Å². The van der Waals surface area contributed by atoms with Gasteiger partial charge in [-0.3, -0.25) is 4.79 Å². The molecule has 4 heteroatoms. The minimum atomic E-state index is -0.108. The summed E-state index contributed by atoms with van der Waals surface area (Å²) in [4.78, 5) is 18.4. The second-order valence-corrected chi connectivity index (χ2v) is 5.76. The maximum atomic E-state index is 12.2. The van der Waals surface area contributed by atoms with Gasteiger partial charge in [0.2, 0.25) is 0 Å². The van der Waals surface area contributed by atoms with Crippen molar-refractivity contribution in [3.63, 3.8) is 0 Å². The molecule has 0 radical (unpaired) electrons. The molecule has 3 rings (SSSR count). The zero-order valence-electron chi connectivity index (χ0n) is 12.7. The molecule has 1 aliphatic carbocycles. The Morgan fingerprint density at radius 1 is 1.41 bits per heavy atom. The highest BCUT2D eigenvalue weighted by Crippen LogP contribution is 2.27. The van der Waals surface area contributed by atoms with Crippen molar-refractivity contribution >= 4 is 11.7 Å². The van der Waals surface area contributed by atoms with Crippen molar-refractivity contribution < 1.29 is 4.79 Å². The van der Waals surface area contributed by atoms with Gasteiger partial charge in [0, 0.05) is 42.2 Å². The average molecular weight is 293 g/mol. The summed E-state index contributed by atoms with van der Waals surface area (Å²) in [5.41, 5.74) is 2.65. The second-order valence-electron chi connectivity index (χ2n) is 5.76. The van der Waals surface area contributed by atoms with Gasteiger partial charge < -0.3 is 10.2 Å². The number of carbonyl (C=O) groups is 1. The lowest BCUT2D eigenvalue weighted by atomic mass is 10.1. The van der Waals surface area contributed by atoms with Crippen LogP contribution in [0.5, 0.6) is 0 Å². The van der Waals surface area contributed by atoms with Gasteiger partial charge in [0.15, 0.2) is 0 Å². The van der Waals surface area contributed by atoms with Crippen molar-refractivity contribution in [2.75, 3.05) is 12.4 Å². The van der Waals surface area contributed by atoms with Crippen molar-refractivity contribution in [3.8, 4) is 11.8 Å². The molecule has 0 saturated heterocycles. The summed E-state index contributed by atoms with van der Waals surface area (Å²) in [6, 6.07) is 3.68. The first kappa shape index (κ1) is 14.4. The molecule has 0 unspecified atom stereocenters. The summed E-state index contributed by atoms with van der Waals surface area (Å²) in [5, 5.41) is 2.83. The van der Waals surface area contributed by atoms with Crippen molar-refractivity contribution in [1.82, 2.24) is 9.88 Å². The predicted molar refractivity (Wildman–Crippen MR) is 86.7 cm³/mol. The molecule has 0 aromatic carbocycles. The van der Waals surface area contributed by atoms with Crippen LogP contribution in [0.4, 0.5) is 5.82 Å². The summed E-state index contributed by atoms with van der Waals surface area (Å²) in [7, 11) is 1.90. The fourth-order valence-electron chi connectivity index (χ4n) is 2.17. The largest absolute Gasteiger partial charge is 0.355 e. The van der Waals surface area contributed by atoms with E-state index in [1.165, 1.54) is 12.8 Å². The number of anilines is 1. The quantitative estimate of drug-likeness (QED) is 0.853. The number of rotatable bonds is 2. The maximum absolute atomic E-state index is 12.2. The van der Waals surface area contributed by atoms with Gasteiger partial charge in [-0.05, 0) is 37.8 Å². The van der Waals surface area contributed by atoms with Gasteiger partial charge in [0.25, 0.3) is 5.91 Å². The molecule has 0 bridgehead atoms. The first-order valence-corrected chi connectivity index (χ1v) is 7.52. The van der Waals surface area contributed by atoms with Gasteiger partial charge in [-0.2, -0.15) is 0 Å². The Morgan fingerprint density at radius 3 is 2.86 bits per heavy atom. The average Bonchev–Trinajstić information content (AvgIpc) is 3.33. The Balaban J connectivity index is 1.63. The van der Waals surface area contributed by atoms with Gasteiger partial charge >= 0.3 is 0 Å². The lowest BCUT2D eigenvalue weighted by molar-refractivity contribution is -0.113. The van der Waals surface area contributed by atoms with Crippen LogP contribution in [0.3, 0.4) is 0 Å². The van der Waals surface area contributed by atoms with Crippen LogP contribution >= 0.6 is 0 Å². The molecule has 0 spiro atoms. The molecular formula is C18H19N3O. The number of aromatic nitrogens is 1. The van der Waals surface area contributed by atoms with E-state index in [9.17, 15) is 4.79 Å². The van der Waals surface area contributed by atoms with Gasteiger partial charge in [-0.1, -0.05) is 18.4 Å². The zero-order valence-corrected chi connectivity index (χ0v) is 12.7. The molecule has 4 nitrogen and oxygen atoms in total. The number of allylic oxidation sites excluding steroid dienone is 1. The second kappa shape index (κ2) is 6.07. The van der Waals surface area contributed by atoms with Crippen molar-refractivity contribution in [2.24, 2.45) is 5.92 Å². The van der Waals surface area contributed by atoms with Crippen LogP contribution in [0.25, 0.3) is 0 Å². The SMILES string of the molecule is C=C1CCC(C(=O)Nc2ccc(C#CC3CC3)cn2)=CN1C. The van der Waals surface area contributed by atoms with Crippen LogP contribution in [0, 0.1) is 17.8 Å². The van der Waals surface area contributed by atoms with E-state index in [-0.39, 0.29) is 5.91 Å². The van der Waals surface area contributed by atoms with E-state index in [0.717, 1.165) is 23.3 Å². The van der Waals surface area contributed by atoms with Gasteiger partial charge in [0.05, 0.1) is 0 Å². The first-order chi connectivity index (χ1) is 10.6. The topological polar surface area (TPSA) is 45.2 Å². The van der Waals surface area contributed by atoms with Crippen LogP contribution in [-0.4, -0.2) is 22.8 Å². The maximum Gasteiger partial charge on any atom is 0.254 e. The number of pyridine rings is 1. The summed E-state index contributed by atoms with van der Waals surface area (Å²) in [6.07, 6.45) is 7.47. The highest BCUT2D eigenvalue weighted by atomic mass is 16.1. The predicted octanol–water partition coefficient (Wildman–Crippen LogP) is 2.90. The van der Waals surface area contributed by atoms with E-state index in [2.05, 4.69) is 28.7 Å². The van der Waals surface area contributed by atoms with Crippen LogP contribution < -0.4 is 5.32 Å². The number of hydrogen-bond acceptors (Lipinski definition) is 3. The van der Waals surface area contributed by atoms with Crippen molar-refractivity contribution in [1.29, 1.82) is 0 Å². The Bertz CT molecular complexity index is 687. The highest BCUT2D eigenvalue weighted by Gasteiger charge is 2.18. The van der Waals surface area contributed by atoms with Gasteiger partial charge in [0.1, 0.15) is 5.82 Å². The third-order valence-electron chi connectivity index (χ3n) is 3.83. The lowest BCUT2D eigenvalue weighted by Crippen LogP contribution is -2.22. The third-order valence-corrected chi connectivity index (χ3v) is 3.83. The van der Waals surface area contributed by atoms with E-state index >= 15 is 0 Å². The molecule has 1 aromatic rings. The standard InChI is InChI=1S/C18H19N3O/c1-13-3-9-16(12-21(13)2)18(22)20-17-10-8-15(11-19-17)7-6-14-4-5-14/h8,10-12,14H,1,3-5,9H2,2H3,(H,19,20,22). The molecular weight excluding hydrogens is 274 g/mol. The zero-order chi connectivity index (χ0) is 15.5. The van der Waals surface area contributed by atoms with Crippen LogP contribution in [0.1, 0.15) is 31.2 Å². The Morgan fingerprint density at radius 2 is 2.23 bits per heavy atom. The van der Waals surface area contributed by atoms with Crippen molar-refractivity contribution in [2.45, 2.75) is 25.7 Å². The Labute approximate surface area is 130 Å². The fourth-order valence-corrected chi connectivity index (χ4v) is 2.17. The van der Waals surface area contributed by atoms with Gasteiger partial charge in [-0.25, -0.2) is 4.98 Å². The van der Waals surface area contributed by atoms with E-state index < -0.39 is 0 Å². The molecule has 1 aromatic heterocycles. The molecule has 112 valence electrons. The van der Waals surface area contributed by atoms with Crippen LogP contribution in [-0.2, 0) is 4.79 Å². The number of amides is 1. The molecule has 22 heavy (non-hydrogen) atoms. The molecule has 2 aliphatic rings. The fraction of sp³-hybridized carbons (Fsp3) is 0.333. The lowest BCUT2D eigenvalue weighted by Gasteiger charge is -2.24. The number of nitrogens with zero attached hydrogens (tertiary/aromatic N) is 2.